The summed E-state index contributed by atoms with van der Waals surface area (Å²) in [6.07, 6.45) is 1.37. The second kappa shape index (κ2) is 7.85. The maximum atomic E-state index is 5.49. The molecule has 0 saturated carbocycles. The predicted octanol–water partition coefficient (Wildman–Crippen LogP) is 3.39. The second-order valence-corrected chi connectivity index (χ2v) is 5.52. The van der Waals surface area contributed by atoms with Crippen molar-refractivity contribution in [2.45, 2.75) is 39.3 Å². The summed E-state index contributed by atoms with van der Waals surface area (Å²) in [6.45, 7) is 8.02. The molecule has 0 saturated heterocycles. The van der Waals surface area contributed by atoms with Crippen LogP contribution in [0.3, 0.4) is 0 Å². The van der Waals surface area contributed by atoms with Crippen LogP contribution in [0.4, 0.5) is 0 Å². The zero-order chi connectivity index (χ0) is 12.7. The van der Waals surface area contributed by atoms with Gasteiger partial charge in [-0.1, -0.05) is 28.1 Å². The summed E-state index contributed by atoms with van der Waals surface area (Å²) in [4.78, 5) is 0. The van der Waals surface area contributed by atoms with Crippen LogP contribution in [0.2, 0.25) is 0 Å². The molecular formula is C14H22BrNO. The average molecular weight is 300 g/mol. The van der Waals surface area contributed by atoms with Gasteiger partial charge >= 0.3 is 0 Å². The van der Waals surface area contributed by atoms with E-state index < -0.39 is 0 Å². The highest BCUT2D eigenvalue weighted by Crippen LogP contribution is 2.11. The molecule has 3 heteroatoms. The van der Waals surface area contributed by atoms with Crippen LogP contribution < -0.4 is 5.32 Å². The van der Waals surface area contributed by atoms with Crippen LogP contribution in [-0.4, -0.2) is 25.3 Å². The lowest BCUT2D eigenvalue weighted by Crippen LogP contribution is -2.31. The van der Waals surface area contributed by atoms with Gasteiger partial charge in [0.1, 0.15) is 0 Å². The second-order valence-electron chi connectivity index (χ2n) is 4.61. The molecule has 96 valence electrons. The standard InChI is InChI=1S/C14H22BrNO/c1-11(2)17-9-8-16-12(3)10-13-4-6-14(15)7-5-13/h4-7,11-12,16H,8-10H2,1-3H3. The predicted molar refractivity (Wildman–Crippen MR) is 76.4 cm³/mol. The van der Waals surface area contributed by atoms with E-state index in [0.29, 0.717) is 12.1 Å². The minimum absolute atomic E-state index is 0.318. The molecule has 1 aromatic rings. The van der Waals surface area contributed by atoms with Gasteiger partial charge in [-0.05, 0) is 44.9 Å². The Morgan fingerprint density at radius 1 is 1.18 bits per heavy atom. The van der Waals surface area contributed by atoms with Gasteiger partial charge in [-0.25, -0.2) is 0 Å². The van der Waals surface area contributed by atoms with Gasteiger partial charge in [0.15, 0.2) is 0 Å². The van der Waals surface area contributed by atoms with Crippen LogP contribution in [0.1, 0.15) is 26.3 Å². The van der Waals surface area contributed by atoms with Crippen LogP contribution >= 0.6 is 15.9 Å². The third kappa shape index (κ3) is 6.81. The largest absolute Gasteiger partial charge is 0.377 e. The Hall–Kier alpha value is -0.380. The molecule has 1 rings (SSSR count). The SMILES string of the molecule is CC(Cc1ccc(Br)cc1)NCCOC(C)C. The Morgan fingerprint density at radius 3 is 2.41 bits per heavy atom. The van der Waals surface area contributed by atoms with Gasteiger partial charge < -0.3 is 10.1 Å². The van der Waals surface area contributed by atoms with Crippen molar-refractivity contribution in [3.63, 3.8) is 0 Å². The van der Waals surface area contributed by atoms with Gasteiger partial charge in [-0.3, -0.25) is 0 Å². The summed E-state index contributed by atoms with van der Waals surface area (Å²) in [5.41, 5.74) is 1.36. The van der Waals surface area contributed by atoms with Gasteiger partial charge in [0.25, 0.3) is 0 Å². The first kappa shape index (κ1) is 14.7. The van der Waals surface area contributed by atoms with E-state index in [1.807, 2.05) is 0 Å². The van der Waals surface area contributed by atoms with E-state index in [-0.39, 0.29) is 0 Å². The minimum Gasteiger partial charge on any atom is -0.377 e. The first-order valence-electron chi connectivity index (χ1n) is 6.17. The fraction of sp³-hybridized carbons (Fsp3) is 0.571. The molecule has 0 spiro atoms. The topological polar surface area (TPSA) is 21.3 Å². The molecule has 1 unspecified atom stereocenters. The molecule has 1 aromatic carbocycles. The molecule has 0 amide bonds. The summed E-state index contributed by atoms with van der Waals surface area (Å²) in [7, 11) is 0. The Bertz CT molecular complexity index is 311. The van der Waals surface area contributed by atoms with Crippen molar-refractivity contribution in [1.29, 1.82) is 0 Å². The fourth-order valence-electron chi connectivity index (χ4n) is 1.65. The Balaban J connectivity index is 2.20. The average Bonchev–Trinajstić information content (AvgIpc) is 2.27. The van der Waals surface area contributed by atoms with Crippen LogP contribution in [0, 0.1) is 0 Å². The zero-order valence-corrected chi connectivity index (χ0v) is 12.5. The van der Waals surface area contributed by atoms with E-state index in [1.165, 1.54) is 5.56 Å². The summed E-state index contributed by atoms with van der Waals surface area (Å²) in [5, 5.41) is 3.46. The molecule has 0 aliphatic carbocycles. The number of hydrogen-bond acceptors (Lipinski definition) is 2. The monoisotopic (exact) mass is 299 g/mol. The van der Waals surface area contributed by atoms with Gasteiger partial charge in [0, 0.05) is 17.1 Å². The third-order valence-corrected chi connectivity index (χ3v) is 3.03. The highest BCUT2D eigenvalue weighted by atomic mass is 79.9. The van der Waals surface area contributed by atoms with Crippen LogP contribution in [0.15, 0.2) is 28.7 Å². The molecule has 0 heterocycles. The lowest BCUT2D eigenvalue weighted by Gasteiger charge is -2.15. The lowest BCUT2D eigenvalue weighted by molar-refractivity contribution is 0.0796. The van der Waals surface area contributed by atoms with E-state index in [1.54, 1.807) is 0 Å². The molecule has 0 bridgehead atoms. The summed E-state index contributed by atoms with van der Waals surface area (Å²) < 4.78 is 6.62. The highest BCUT2D eigenvalue weighted by Gasteiger charge is 2.03. The third-order valence-electron chi connectivity index (χ3n) is 2.50. The normalized spacial score (nSPS) is 13.0. The smallest absolute Gasteiger partial charge is 0.0594 e. The molecule has 0 aliphatic heterocycles. The Kier molecular flexibility index (Phi) is 6.78. The summed E-state index contributed by atoms with van der Waals surface area (Å²) >= 11 is 3.44. The van der Waals surface area contributed by atoms with Crippen LogP contribution in [-0.2, 0) is 11.2 Å². The quantitative estimate of drug-likeness (QED) is 0.779. The van der Waals surface area contributed by atoms with Gasteiger partial charge in [-0.15, -0.1) is 0 Å². The molecule has 0 fully saturated rings. The number of halogens is 1. The van der Waals surface area contributed by atoms with Crippen LogP contribution in [0.25, 0.3) is 0 Å². The van der Waals surface area contributed by atoms with Crippen molar-refractivity contribution in [2.75, 3.05) is 13.2 Å². The van der Waals surface area contributed by atoms with Gasteiger partial charge in [0.05, 0.1) is 12.7 Å². The van der Waals surface area contributed by atoms with E-state index in [0.717, 1.165) is 24.0 Å². The number of hydrogen-bond donors (Lipinski definition) is 1. The number of ether oxygens (including phenoxy) is 1. The highest BCUT2D eigenvalue weighted by molar-refractivity contribution is 9.10. The summed E-state index contributed by atoms with van der Waals surface area (Å²) in [5.74, 6) is 0. The Morgan fingerprint density at radius 2 is 1.82 bits per heavy atom. The molecule has 0 aromatic heterocycles. The van der Waals surface area contributed by atoms with Gasteiger partial charge in [-0.2, -0.15) is 0 Å². The van der Waals surface area contributed by atoms with E-state index >= 15 is 0 Å². The first-order chi connectivity index (χ1) is 8.08. The summed E-state index contributed by atoms with van der Waals surface area (Å²) in [6, 6.07) is 8.97. The molecule has 0 aliphatic rings. The van der Waals surface area contributed by atoms with E-state index in [2.05, 4.69) is 66.3 Å². The van der Waals surface area contributed by atoms with Crippen molar-refractivity contribution < 1.29 is 4.74 Å². The zero-order valence-electron chi connectivity index (χ0n) is 10.9. The van der Waals surface area contributed by atoms with Crippen LogP contribution in [0.5, 0.6) is 0 Å². The molecule has 1 atom stereocenters. The molecule has 17 heavy (non-hydrogen) atoms. The lowest BCUT2D eigenvalue weighted by atomic mass is 10.1. The van der Waals surface area contributed by atoms with Crippen molar-refractivity contribution in [1.82, 2.24) is 5.32 Å². The number of benzene rings is 1. The van der Waals surface area contributed by atoms with Crippen molar-refractivity contribution in [3.8, 4) is 0 Å². The molecular weight excluding hydrogens is 278 g/mol. The Labute approximate surface area is 113 Å². The maximum absolute atomic E-state index is 5.49. The molecule has 1 N–H and O–H groups in total. The van der Waals surface area contributed by atoms with Gasteiger partial charge in [0.2, 0.25) is 0 Å². The first-order valence-corrected chi connectivity index (χ1v) is 6.96. The molecule has 2 nitrogen and oxygen atoms in total. The van der Waals surface area contributed by atoms with E-state index in [4.69, 9.17) is 4.74 Å². The van der Waals surface area contributed by atoms with E-state index in [9.17, 15) is 0 Å². The fourth-order valence-corrected chi connectivity index (χ4v) is 1.91. The molecule has 0 radical (unpaired) electrons. The number of nitrogens with one attached hydrogen (secondary N) is 1. The van der Waals surface area contributed by atoms with Crippen molar-refractivity contribution >= 4 is 15.9 Å². The number of rotatable bonds is 7. The minimum atomic E-state index is 0.318. The van der Waals surface area contributed by atoms with Crippen molar-refractivity contribution in [3.05, 3.63) is 34.3 Å². The van der Waals surface area contributed by atoms with Crippen molar-refractivity contribution in [2.24, 2.45) is 0 Å². The maximum Gasteiger partial charge on any atom is 0.0594 e.